The summed E-state index contributed by atoms with van der Waals surface area (Å²) in [4.78, 5) is 41.5. The number of para-hydroxylation sites is 2. The maximum absolute atomic E-state index is 13.9. The van der Waals surface area contributed by atoms with Crippen molar-refractivity contribution in [1.82, 2.24) is 0 Å². The first kappa shape index (κ1) is 19.1. The molecular weight excluding hydrogens is 408 g/mol. The SMILES string of the molecule is O=CC12c3ccccc3C(c3ccccc31)[C@@H]1C(=O)N(c3ccccc3[NH+]([O-])O)C(=O)[C@H]12. The number of aldehydes is 1. The molecule has 1 aliphatic heterocycles. The fourth-order valence-electron chi connectivity index (χ4n) is 6.12. The lowest BCUT2D eigenvalue weighted by Gasteiger charge is -2.51. The lowest BCUT2D eigenvalue weighted by atomic mass is 9.48. The first-order valence-corrected chi connectivity index (χ1v) is 10.4. The zero-order chi connectivity index (χ0) is 22.2. The minimum atomic E-state index is -1.30. The Morgan fingerprint density at radius 2 is 1.44 bits per heavy atom. The number of carbonyl (C=O) groups is 3. The first-order chi connectivity index (χ1) is 15.5. The number of anilines is 1. The standard InChI is InChI=1S/C25H18N2O5/c28-13-25-16-9-3-1-7-14(16)20(15-8-2-4-10-17(15)25)21-22(25)24(30)26(23(21)29)18-11-5-6-12-19(18)27(31)32/h1-13,20-22,27,31H/t20?,21-,22-,25?/m0/s1. The number of imide groups is 1. The highest BCUT2D eigenvalue weighted by Gasteiger charge is 2.68. The summed E-state index contributed by atoms with van der Waals surface area (Å²) >= 11 is 0. The van der Waals surface area contributed by atoms with Gasteiger partial charge in [0.25, 0.3) is 0 Å². The topological polar surface area (TPSA) is 102 Å². The number of amides is 2. The van der Waals surface area contributed by atoms with E-state index in [1.54, 1.807) is 12.1 Å². The lowest BCUT2D eigenvalue weighted by molar-refractivity contribution is -0.990. The lowest BCUT2D eigenvalue weighted by Crippen LogP contribution is -2.99. The van der Waals surface area contributed by atoms with Gasteiger partial charge in [-0.3, -0.25) is 9.59 Å². The quantitative estimate of drug-likeness (QED) is 0.378. The number of hydrogen-bond donors (Lipinski definition) is 2. The molecule has 158 valence electrons. The van der Waals surface area contributed by atoms with Crippen LogP contribution < -0.4 is 10.1 Å². The van der Waals surface area contributed by atoms with Crippen molar-refractivity contribution in [2.45, 2.75) is 11.3 Å². The summed E-state index contributed by atoms with van der Waals surface area (Å²) in [6.45, 7) is 0. The molecule has 2 bridgehead atoms. The van der Waals surface area contributed by atoms with Gasteiger partial charge in [0, 0.05) is 12.0 Å². The summed E-state index contributed by atoms with van der Waals surface area (Å²) in [5.41, 5.74) is 1.84. The Morgan fingerprint density at radius 1 is 0.875 bits per heavy atom. The van der Waals surface area contributed by atoms with Gasteiger partial charge in [-0.15, -0.1) is 0 Å². The van der Waals surface area contributed by atoms with E-state index in [-0.39, 0.29) is 17.3 Å². The number of quaternary nitrogens is 1. The molecule has 2 amide bonds. The molecule has 3 aromatic rings. The molecule has 0 saturated carbocycles. The Balaban J connectivity index is 1.64. The van der Waals surface area contributed by atoms with Crippen LogP contribution in [-0.4, -0.2) is 23.3 Å². The van der Waals surface area contributed by atoms with Gasteiger partial charge in [-0.05, 0) is 28.3 Å². The van der Waals surface area contributed by atoms with Gasteiger partial charge < -0.3 is 10.0 Å². The Morgan fingerprint density at radius 3 is 2.03 bits per heavy atom. The second kappa shape index (κ2) is 6.43. The van der Waals surface area contributed by atoms with Crippen LogP contribution in [0.15, 0.2) is 72.8 Å². The van der Waals surface area contributed by atoms with Crippen LogP contribution in [0.4, 0.5) is 11.4 Å². The smallest absolute Gasteiger partial charge is 0.239 e. The van der Waals surface area contributed by atoms with E-state index in [4.69, 9.17) is 0 Å². The molecule has 32 heavy (non-hydrogen) atoms. The van der Waals surface area contributed by atoms with E-state index in [1.807, 2.05) is 48.5 Å². The highest BCUT2D eigenvalue weighted by Crippen LogP contribution is 2.63. The maximum atomic E-state index is 13.9. The highest BCUT2D eigenvalue weighted by molar-refractivity contribution is 6.25. The fraction of sp³-hybridized carbons (Fsp3) is 0.160. The van der Waals surface area contributed by atoms with Crippen LogP contribution in [0.5, 0.6) is 0 Å². The Labute approximate surface area is 183 Å². The monoisotopic (exact) mass is 426 g/mol. The van der Waals surface area contributed by atoms with Crippen LogP contribution >= 0.6 is 0 Å². The largest absolute Gasteiger partial charge is 0.595 e. The Kier molecular flexibility index (Phi) is 3.83. The molecule has 7 nitrogen and oxygen atoms in total. The van der Waals surface area contributed by atoms with Crippen molar-refractivity contribution in [1.29, 1.82) is 0 Å². The molecule has 2 N–H and O–H groups in total. The number of hydrogen-bond acceptors (Lipinski definition) is 5. The highest BCUT2D eigenvalue weighted by atomic mass is 16.8. The fourth-order valence-corrected chi connectivity index (χ4v) is 6.12. The van der Waals surface area contributed by atoms with E-state index in [1.165, 1.54) is 12.1 Å². The van der Waals surface area contributed by atoms with Crippen LogP contribution in [0.25, 0.3) is 0 Å². The van der Waals surface area contributed by atoms with Gasteiger partial charge in [-0.2, -0.15) is 5.23 Å². The number of benzene rings is 3. The summed E-state index contributed by atoms with van der Waals surface area (Å²) < 4.78 is 0. The van der Waals surface area contributed by atoms with Gasteiger partial charge >= 0.3 is 0 Å². The molecule has 1 fully saturated rings. The van der Waals surface area contributed by atoms with Crippen molar-refractivity contribution in [2.24, 2.45) is 11.8 Å². The zero-order valence-electron chi connectivity index (χ0n) is 16.8. The van der Waals surface area contributed by atoms with Crippen LogP contribution in [-0.2, 0) is 19.8 Å². The minimum Gasteiger partial charge on any atom is -0.595 e. The number of rotatable bonds is 3. The minimum absolute atomic E-state index is 0.0398. The van der Waals surface area contributed by atoms with Gasteiger partial charge in [0.1, 0.15) is 12.0 Å². The summed E-state index contributed by atoms with van der Waals surface area (Å²) in [6, 6.07) is 20.9. The summed E-state index contributed by atoms with van der Waals surface area (Å²) in [6.07, 6.45) is 0.801. The Bertz CT molecular complexity index is 1270. The number of carbonyl (C=O) groups excluding carboxylic acids is 3. The average Bonchev–Trinajstić information content (AvgIpc) is 3.09. The molecule has 3 atom stereocenters. The van der Waals surface area contributed by atoms with Gasteiger partial charge in [-0.25, -0.2) is 10.1 Å². The molecule has 1 heterocycles. The van der Waals surface area contributed by atoms with Crippen LogP contribution in [0.2, 0.25) is 0 Å². The molecule has 1 unspecified atom stereocenters. The van der Waals surface area contributed by atoms with Crippen molar-refractivity contribution < 1.29 is 24.8 Å². The second-order valence-electron chi connectivity index (χ2n) is 8.48. The van der Waals surface area contributed by atoms with Crippen molar-refractivity contribution in [3.05, 3.63) is 100 Å². The third-order valence-corrected chi connectivity index (χ3v) is 7.25. The third-order valence-electron chi connectivity index (χ3n) is 7.25. The molecule has 3 aromatic carbocycles. The first-order valence-electron chi connectivity index (χ1n) is 10.4. The summed E-state index contributed by atoms with van der Waals surface area (Å²) in [7, 11) is 0. The van der Waals surface area contributed by atoms with Crippen LogP contribution in [0.3, 0.4) is 0 Å². The van der Waals surface area contributed by atoms with Crippen molar-refractivity contribution in [3.8, 4) is 0 Å². The van der Waals surface area contributed by atoms with Crippen LogP contribution in [0.1, 0.15) is 28.2 Å². The van der Waals surface area contributed by atoms with E-state index in [9.17, 15) is 24.8 Å². The maximum Gasteiger partial charge on any atom is 0.239 e. The predicted molar refractivity (Wildman–Crippen MR) is 113 cm³/mol. The van der Waals surface area contributed by atoms with Crippen LogP contribution in [0, 0.1) is 17.0 Å². The second-order valence-corrected chi connectivity index (χ2v) is 8.48. The molecule has 1 saturated heterocycles. The van der Waals surface area contributed by atoms with Crippen molar-refractivity contribution >= 4 is 29.5 Å². The molecule has 4 aliphatic rings. The summed E-state index contributed by atoms with van der Waals surface area (Å²) in [5, 5.41) is 20.2. The van der Waals surface area contributed by atoms with Gasteiger partial charge in [0.2, 0.25) is 11.8 Å². The predicted octanol–water partition coefficient (Wildman–Crippen LogP) is 1.84. The van der Waals surface area contributed by atoms with Gasteiger partial charge in [-0.1, -0.05) is 60.7 Å². The van der Waals surface area contributed by atoms with E-state index < -0.39 is 34.3 Å². The molecule has 3 aliphatic carbocycles. The number of nitrogens with zero attached hydrogens (tertiary/aromatic N) is 1. The summed E-state index contributed by atoms with van der Waals surface area (Å²) in [5.74, 6) is -3.08. The number of nitrogens with one attached hydrogen (secondary N) is 1. The van der Waals surface area contributed by atoms with Crippen molar-refractivity contribution in [3.63, 3.8) is 0 Å². The van der Waals surface area contributed by atoms with E-state index in [0.717, 1.165) is 33.4 Å². The molecule has 7 heteroatoms. The van der Waals surface area contributed by atoms with E-state index in [2.05, 4.69) is 0 Å². The van der Waals surface area contributed by atoms with Gasteiger partial charge in [0.05, 0.1) is 17.3 Å². The zero-order valence-corrected chi connectivity index (χ0v) is 16.8. The molecule has 7 rings (SSSR count). The molecule has 0 aromatic heterocycles. The van der Waals surface area contributed by atoms with E-state index >= 15 is 0 Å². The molecule has 0 radical (unpaired) electrons. The van der Waals surface area contributed by atoms with Crippen molar-refractivity contribution in [2.75, 3.05) is 4.90 Å². The Hall–Kier alpha value is -3.65. The average molecular weight is 426 g/mol. The van der Waals surface area contributed by atoms with Gasteiger partial charge in [0.15, 0.2) is 5.69 Å². The third kappa shape index (κ3) is 2.07. The molecule has 0 spiro atoms. The normalized spacial score (nSPS) is 28.2. The van der Waals surface area contributed by atoms with E-state index in [0.29, 0.717) is 0 Å². The molecular formula is C25H18N2O5.